The second-order valence-electron chi connectivity index (χ2n) is 4.09. The first-order valence-corrected chi connectivity index (χ1v) is 4.91. The molecule has 0 amide bonds. The average Bonchev–Trinajstić information content (AvgIpc) is 1.99. The van der Waals surface area contributed by atoms with Crippen molar-refractivity contribution < 1.29 is 9.18 Å². The summed E-state index contributed by atoms with van der Waals surface area (Å²) in [6, 6.07) is 0. The highest BCUT2D eigenvalue weighted by Crippen LogP contribution is 2.28. The Bertz CT molecular complexity index is 220. The van der Waals surface area contributed by atoms with E-state index in [1.165, 1.54) is 0 Å². The fraction of sp³-hybridized carbons (Fsp3) is 0.727. The molecular formula is C11H17FO. The SMILES string of the molecule is CC(=O)CCC1=C[C@@H](F)CC(C)C1. The Labute approximate surface area is 79.0 Å². The van der Waals surface area contributed by atoms with Gasteiger partial charge < -0.3 is 4.79 Å². The predicted molar refractivity (Wildman–Crippen MR) is 51.3 cm³/mol. The summed E-state index contributed by atoms with van der Waals surface area (Å²) in [5.74, 6) is 0.622. The fourth-order valence-electron chi connectivity index (χ4n) is 1.83. The summed E-state index contributed by atoms with van der Waals surface area (Å²) in [5, 5.41) is 0. The molecule has 0 saturated heterocycles. The van der Waals surface area contributed by atoms with E-state index < -0.39 is 6.17 Å². The molecule has 0 radical (unpaired) electrons. The summed E-state index contributed by atoms with van der Waals surface area (Å²) in [5.41, 5.74) is 1.13. The van der Waals surface area contributed by atoms with Crippen molar-refractivity contribution in [3.05, 3.63) is 11.6 Å². The maximum absolute atomic E-state index is 13.0. The molecule has 1 unspecified atom stereocenters. The van der Waals surface area contributed by atoms with E-state index >= 15 is 0 Å². The number of hydrogen-bond donors (Lipinski definition) is 0. The van der Waals surface area contributed by atoms with E-state index in [1.54, 1.807) is 13.0 Å². The summed E-state index contributed by atoms with van der Waals surface area (Å²) in [7, 11) is 0. The molecule has 1 rings (SSSR count). The Morgan fingerprint density at radius 2 is 2.38 bits per heavy atom. The lowest BCUT2D eigenvalue weighted by atomic mass is 9.87. The molecular weight excluding hydrogens is 167 g/mol. The van der Waals surface area contributed by atoms with Gasteiger partial charge >= 0.3 is 0 Å². The van der Waals surface area contributed by atoms with E-state index in [-0.39, 0.29) is 5.78 Å². The van der Waals surface area contributed by atoms with Crippen LogP contribution in [0.25, 0.3) is 0 Å². The third kappa shape index (κ3) is 3.71. The van der Waals surface area contributed by atoms with E-state index in [0.717, 1.165) is 18.4 Å². The number of rotatable bonds is 3. The molecule has 0 aromatic carbocycles. The van der Waals surface area contributed by atoms with Gasteiger partial charge in [0, 0.05) is 6.42 Å². The number of halogens is 1. The zero-order valence-electron chi connectivity index (χ0n) is 8.35. The Balaban J connectivity index is 2.44. The van der Waals surface area contributed by atoms with Crippen LogP contribution in [0.2, 0.25) is 0 Å². The molecule has 2 atom stereocenters. The first-order valence-electron chi connectivity index (χ1n) is 4.91. The minimum absolute atomic E-state index is 0.189. The highest BCUT2D eigenvalue weighted by molar-refractivity contribution is 5.75. The van der Waals surface area contributed by atoms with Crippen molar-refractivity contribution in [1.82, 2.24) is 0 Å². The normalized spacial score (nSPS) is 28.4. The third-order valence-electron chi connectivity index (χ3n) is 2.45. The van der Waals surface area contributed by atoms with Gasteiger partial charge in [0.15, 0.2) is 0 Å². The topological polar surface area (TPSA) is 17.1 Å². The standard InChI is InChI=1S/C11H17FO/c1-8-5-10(4-3-9(2)13)7-11(12)6-8/h7-8,11H,3-6H2,1-2H3/t8?,11-/m0/s1. The number of allylic oxidation sites excluding steroid dienone is 2. The minimum atomic E-state index is -0.786. The van der Waals surface area contributed by atoms with Gasteiger partial charge in [0.25, 0.3) is 0 Å². The molecule has 2 heteroatoms. The van der Waals surface area contributed by atoms with Crippen molar-refractivity contribution in [2.24, 2.45) is 5.92 Å². The predicted octanol–water partition coefficient (Wildman–Crippen LogP) is 3.05. The molecule has 1 aliphatic carbocycles. The second-order valence-corrected chi connectivity index (χ2v) is 4.09. The Hall–Kier alpha value is -0.660. The largest absolute Gasteiger partial charge is 0.300 e. The van der Waals surface area contributed by atoms with E-state index in [2.05, 4.69) is 6.92 Å². The first kappa shape index (κ1) is 10.4. The zero-order chi connectivity index (χ0) is 9.84. The van der Waals surface area contributed by atoms with E-state index in [4.69, 9.17) is 0 Å². The van der Waals surface area contributed by atoms with Crippen LogP contribution in [0.3, 0.4) is 0 Å². The van der Waals surface area contributed by atoms with Gasteiger partial charge in [-0.25, -0.2) is 4.39 Å². The molecule has 1 aliphatic rings. The smallest absolute Gasteiger partial charge is 0.130 e. The lowest BCUT2D eigenvalue weighted by Crippen LogP contribution is -2.13. The van der Waals surface area contributed by atoms with Crippen LogP contribution < -0.4 is 0 Å². The summed E-state index contributed by atoms with van der Waals surface area (Å²) >= 11 is 0. The third-order valence-corrected chi connectivity index (χ3v) is 2.45. The van der Waals surface area contributed by atoms with Crippen LogP contribution in [-0.4, -0.2) is 12.0 Å². The number of carbonyl (C=O) groups is 1. The van der Waals surface area contributed by atoms with Crippen molar-refractivity contribution in [2.75, 3.05) is 0 Å². The highest BCUT2D eigenvalue weighted by Gasteiger charge is 2.18. The molecule has 0 bridgehead atoms. The summed E-state index contributed by atoms with van der Waals surface area (Å²) < 4.78 is 13.0. The molecule has 74 valence electrons. The van der Waals surface area contributed by atoms with E-state index in [1.807, 2.05) is 0 Å². The van der Waals surface area contributed by atoms with Crippen LogP contribution in [0.4, 0.5) is 4.39 Å². The van der Waals surface area contributed by atoms with Crippen molar-refractivity contribution in [3.63, 3.8) is 0 Å². The average molecular weight is 184 g/mol. The quantitative estimate of drug-likeness (QED) is 0.616. The van der Waals surface area contributed by atoms with Crippen LogP contribution >= 0.6 is 0 Å². The maximum atomic E-state index is 13.0. The fourth-order valence-corrected chi connectivity index (χ4v) is 1.83. The Kier molecular flexibility index (Phi) is 3.64. The minimum Gasteiger partial charge on any atom is -0.300 e. The van der Waals surface area contributed by atoms with Crippen molar-refractivity contribution >= 4 is 5.78 Å². The van der Waals surface area contributed by atoms with Gasteiger partial charge in [-0.05, 0) is 32.1 Å². The van der Waals surface area contributed by atoms with Gasteiger partial charge in [-0.2, -0.15) is 0 Å². The van der Waals surface area contributed by atoms with Crippen LogP contribution in [0.5, 0.6) is 0 Å². The molecule has 0 saturated carbocycles. The number of carbonyl (C=O) groups excluding carboxylic acids is 1. The first-order chi connectivity index (χ1) is 6.08. The van der Waals surface area contributed by atoms with Crippen LogP contribution in [0.1, 0.15) is 39.5 Å². The van der Waals surface area contributed by atoms with Crippen molar-refractivity contribution in [3.8, 4) is 0 Å². The van der Waals surface area contributed by atoms with Gasteiger partial charge in [0.05, 0.1) is 0 Å². The summed E-state index contributed by atoms with van der Waals surface area (Å²) in [4.78, 5) is 10.7. The van der Waals surface area contributed by atoms with E-state index in [9.17, 15) is 9.18 Å². The van der Waals surface area contributed by atoms with Gasteiger partial charge in [0.2, 0.25) is 0 Å². The molecule has 0 spiro atoms. The zero-order valence-corrected chi connectivity index (χ0v) is 8.35. The monoisotopic (exact) mass is 184 g/mol. The lowest BCUT2D eigenvalue weighted by molar-refractivity contribution is -0.117. The molecule has 1 nitrogen and oxygen atoms in total. The second kappa shape index (κ2) is 4.54. The molecule has 0 aromatic heterocycles. The van der Waals surface area contributed by atoms with Crippen molar-refractivity contribution in [2.45, 2.75) is 45.7 Å². The van der Waals surface area contributed by atoms with Gasteiger partial charge in [-0.3, -0.25) is 0 Å². The highest BCUT2D eigenvalue weighted by atomic mass is 19.1. The number of ketones is 1. The summed E-state index contributed by atoms with van der Waals surface area (Å²) in [6.45, 7) is 3.65. The van der Waals surface area contributed by atoms with Gasteiger partial charge in [-0.1, -0.05) is 18.6 Å². The van der Waals surface area contributed by atoms with Crippen LogP contribution in [-0.2, 0) is 4.79 Å². The number of alkyl halides is 1. The van der Waals surface area contributed by atoms with Gasteiger partial charge in [-0.15, -0.1) is 0 Å². The lowest BCUT2D eigenvalue weighted by Gasteiger charge is -2.21. The Morgan fingerprint density at radius 1 is 1.69 bits per heavy atom. The van der Waals surface area contributed by atoms with Crippen LogP contribution in [0.15, 0.2) is 11.6 Å². The van der Waals surface area contributed by atoms with Crippen LogP contribution in [0, 0.1) is 5.92 Å². The number of hydrogen-bond acceptors (Lipinski definition) is 1. The molecule has 0 N–H and O–H groups in total. The molecule has 0 aliphatic heterocycles. The molecule has 0 heterocycles. The molecule has 13 heavy (non-hydrogen) atoms. The van der Waals surface area contributed by atoms with Gasteiger partial charge in [0.1, 0.15) is 12.0 Å². The molecule has 0 fully saturated rings. The summed E-state index contributed by atoms with van der Waals surface area (Å²) in [6.07, 6.45) is 3.83. The maximum Gasteiger partial charge on any atom is 0.130 e. The van der Waals surface area contributed by atoms with E-state index in [0.29, 0.717) is 18.8 Å². The Morgan fingerprint density at radius 3 is 2.92 bits per heavy atom. The molecule has 0 aromatic rings. The number of Topliss-reactive ketones (excluding diaryl/α,β-unsaturated/α-hetero) is 1. The van der Waals surface area contributed by atoms with Crippen molar-refractivity contribution in [1.29, 1.82) is 0 Å².